The van der Waals surface area contributed by atoms with Gasteiger partial charge in [-0.05, 0) is 36.8 Å². The minimum absolute atomic E-state index is 0.157. The van der Waals surface area contributed by atoms with Gasteiger partial charge in [0, 0.05) is 5.02 Å². The molecule has 0 radical (unpaired) electrons. The Morgan fingerprint density at radius 3 is 2.77 bits per heavy atom. The largest absolute Gasteiger partial charge is 0.483 e. The number of halogens is 1. The van der Waals surface area contributed by atoms with Crippen LogP contribution in [0.15, 0.2) is 48.5 Å². The molecule has 114 valence electrons. The molecule has 22 heavy (non-hydrogen) atoms. The maximum Gasteiger partial charge on any atom is 0.258 e. The summed E-state index contributed by atoms with van der Waals surface area (Å²) in [5, 5.41) is 3.44. The average Bonchev–Trinajstić information content (AvgIpc) is 2.53. The number of carbonyl (C=O) groups is 2. The van der Waals surface area contributed by atoms with Crippen LogP contribution in [0.3, 0.4) is 0 Å². The fraction of sp³-hybridized carbons (Fsp3) is 0.176. The Morgan fingerprint density at radius 2 is 2.05 bits per heavy atom. The molecule has 0 heterocycles. The lowest BCUT2D eigenvalue weighted by Crippen LogP contribution is -2.31. The molecule has 0 spiro atoms. The first kappa shape index (κ1) is 16.0. The zero-order valence-corrected chi connectivity index (χ0v) is 12.8. The first-order valence-electron chi connectivity index (χ1n) is 6.82. The van der Waals surface area contributed by atoms with E-state index in [1.807, 2.05) is 19.1 Å². The van der Waals surface area contributed by atoms with Gasteiger partial charge in [-0.15, -0.1) is 0 Å². The average molecular weight is 318 g/mol. The van der Waals surface area contributed by atoms with Gasteiger partial charge in [-0.25, -0.2) is 0 Å². The summed E-state index contributed by atoms with van der Waals surface area (Å²) in [5.74, 6) is 0.122. The van der Waals surface area contributed by atoms with E-state index in [9.17, 15) is 9.59 Å². The van der Waals surface area contributed by atoms with E-state index in [0.717, 1.165) is 5.56 Å². The monoisotopic (exact) mass is 317 g/mol. The maximum absolute atomic E-state index is 11.9. The van der Waals surface area contributed by atoms with Crippen molar-refractivity contribution in [3.63, 3.8) is 0 Å². The van der Waals surface area contributed by atoms with Crippen molar-refractivity contribution in [1.29, 1.82) is 0 Å². The first-order chi connectivity index (χ1) is 10.6. The molecule has 0 saturated heterocycles. The third kappa shape index (κ3) is 4.33. The van der Waals surface area contributed by atoms with Gasteiger partial charge in [-0.3, -0.25) is 9.59 Å². The van der Waals surface area contributed by atoms with Crippen molar-refractivity contribution in [2.45, 2.75) is 13.0 Å². The number of hydrogen-bond acceptors (Lipinski definition) is 3. The van der Waals surface area contributed by atoms with Gasteiger partial charge >= 0.3 is 0 Å². The van der Waals surface area contributed by atoms with Crippen molar-refractivity contribution in [2.24, 2.45) is 0 Å². The molecule has 2 rings (SSSR count). The minimum Gasteiger partial charge on any atom is -0.483 e. The quantitative estimate of drug-likeness (QED) is 0.831. The maximum atomic E-state index is 11.9. The summed E-state index contributed by atoms with van der Waals surface area (Å²) in [6.07, 6.45) is 0.696. The van der Waals surface area contributed by atoms with E-state index >= 15 is 0 Å². The van der Waals surface area contributed by atoms with Crippen LogP contribution in [-0.4, -0.2) is 18.8 Å². The topological polar surface area (TPSA) is 55.4 Å². The minimum atomic E-state index is -0.270. The fourth-order valence-corrected chi connectivity index (χ4v) is 2.19. The number of benzene rings is 2. The van der Waals surface area contributed by atoms with Crippen LogP contribution >= 0.6 is 11.6 Å². The molecule has 1 atom stereocenters. The van der Waals surface area contributed by atoms with E-state index < -0.39 is 0 Å². The normalized spacial score (nSPS) is 11.5. The smallest absolute Gasteiger partial charge is 0.258 e. The summed E-state index contributed by atoms with van der Waals surface area (Å²) in [6, 6.07) is 13.9. The summed E-state index contributed by atoms with van der Waals surface area (Å²) in [6.45, 7) is 1.71. The molecular weight excluding hydrogens is 302 g/mol. The lowest BCUT2D eigenvalue weighted by Gasteiger charge is -2.15. The molecule has 0 fully saturated rings. The SMILES string of the molecule is CC(NC(=O)COc1ccccc1C=O)c1cccc(Cl)c1. The number of ether oxygens (including phenoxy) is 1. The van der Waals surface area contributed by atoms with E-state index in [0.29, 0.717) is 22.6 Å². The van der Waals surface area contributed by atoms with Crippen LogP contribution < -0.4 is 10.1 Å². The van der Waals surface area contributed by atoms with Gasteiger partial charge < -0.3 is 10.1 Å². The molecule has 4 nitrogen and oxygen atoms in total. The summed E-state index contributed by atoms with van der Waals surface area (Å²) < 4.78 is 5.38. The van der Waals surface area contributed by atoms with Gasteiger partial charge in [0.1, 0.15) is 5.75 Å². The highest BCUT2D eigenvalue weighted by Gasteiger charge is 2.11. The number of aldehydes is 1. The second-order valence-corrected chi connectivity index (χ2v) is 5.22. The van der Waals surface area contributed by atoms with Gasteiger partial charge in [0.25, 0.3) is 5.91 Å². The molecule has 1 unspecified atom stereocenters. The molecule has 0 saturated carbocycles. The van der Waals surface area contributed by atoms with Crippen molar-refractivity contribution in [3.05, 3.63) is 64.7 Å². The summed E-state index contributed by atoms with van der Waals surface area (Å²) in [4.78, 5) is 22.8. The van der Waals surface area contributed by atoms with Crippen LogP contribution in [0.25, 0.3) is 0 Å². The molecule has 0 aliphatic rings. The summed E-state index contributed by atoms with van der Waals surface area (Å²) in [7, 11) is 0. The molecule has 1 amide bonds. The van der Waals surface area contributed by atoms with E-state index in [1.54, 1.807) is 36.4 Å². The number of hydrogen-bond donors (Lipinski definition) is 1. The number of rotatable bonds is 6. The molecule has 2 aromatic rings. The Bertz CT molecular complexity index is 672. The van der Waals surface area contributed by atoms with Crippen LogP contribution in [0, 0.1) is 0 Å². The van der Waals surface area contributed by atoms with E-state index in [2.05, 4.69) is 5.32 Å². The Balaban J connectivity index is 1.91. The first-order valence-corrected chi connectivity index (χ1v) is 7.20. The van der Waals surface area contributed by atoms with Crippen molar-refractivity contribution in [2.75, 3.05) is 6.61 Å². The Labute approximate surface area is 134 Å². The molecule has 2 aromatic carbocycles. The van der Waals surface area contributed by atoms with Crippen LogP contribution in [0.4, 0.5) is 0 Å². The highest BCUT2D eigenvalue weighted by Crippen LogP contribution is 2.18. The lowest BCUT2D eigenvalue weighted by molar-refractivity contribution is -0.123. The molecular formula is C17H16ClNO3. The van der Waals surface area contributed by atoms with E-state index in [4.69, 9.17) is 16.3 Å². The lowest BCUT2D eigenvalue weighted by atomic mass is 10.1. The van der Waals surface area contributed by atoms with Crippen molar-refractivity contribution < 1.29 is 14.3 Å². The standard InChI is InChI=1S/C17H16ClNO3/c1-12(13-6-4-7-15(18)9-13)19-17(21)11-22-16-8-3-2-5-14(16)10-20/h2-10,12H,11H2,1H3,(H,19,21). The van der Waals surface area contributed by atoms with E-state index in [-0.39, 0.29) is 18.6 Å². The molecule has 0 bridgehead atoms. The van der Waals surface area contributed by atoms with Crippen molar-refractivity contribution in [1.82, 2.24) is 5.32 Å². The summed E-state index contributed by atoms with van der Waals surface area (Å²) in [5.41, 5.74) is 1.33. The van der Waals surface area contributed by atoms with Gasteiger partial charge in [0.15, 0.2) is 12.9 Å². The van der Waals surface area contributed by atoms with E-state index in [1.165, 1.54) is 0 Å². The van der Waals surface area contributed by atoms with Gasteiger partial charge in [0.2, 0.25) is 0 Å². The molecule has 0 aromatic heterocycles. The molecule has 0 aliphatic carbocycles. The predicted octanol–water partition coefficient (Wildman–Crippen LogP) is 3.41. The van der Waals surface area contributed by atoms with Gasteiger partial charge in [-0.2, -0.15) is 0 Å². The number of amides is 1. The Morgan fingerprint density at radius 1 is 1.27 bits per heavy atom. The predicted molar refractivity (Wildman–Crippen MR) is 85.3 cm³/mol. The number of para-hydroxylation sites is 1. The second kappa shape index (κ2) is 7.61. The number of nitrogens with one attached hydrogen (secondary N) is 1. The van der Waals surface area contributed by atoms with Crippen molar-refractivity contribution in [3.8, 4) is 5.75 Å². The fourth-order valence-electron chi connectivity index (χ4n) is 2.00. The third-order valence-corrected chi connectivity index (χ3v) is 3.37. The Kier molecular flexibility index (Phi) is 5.55. The third-order valence-electron chi connectivity index (χ3n) is 3.13. The van der Waals surface area contributed by atoms with Crippen LogP contribution in [-0.2, 0) is 4.79 Å². The second-order valence-electron chi connectivity index (χ2n) is 4.79. The molecule has 1 N–H and O–H groups in total. The van der Waals surface area contributed by atoms with Gasteiger partial charge in [0.05, 0.1) is 11.6 Å². The Hall–Kier alpha value is -2.33. The molecule has 5 heteroatoms. The van der Waals surface area contributed by atoms with Crippen LogP contribution in [0.1, 0.15) is 28.9 Å². The number of carbonyl (C=O) groups excluding carboxylic acids is 2. The molecule has 0 aliphatic heterocycles. The highest BCUT2D eigenvalue weighted by atomic mass is 35.5. The highest BCUT2D eigenvalue weighted by molar-refractivity contribution is 6.30. The van der Waals surface area contributed by atoms with Crippen LogP contribution in [0.5, 0.6) is 5.75 Å². The van der Waals surface area contributed by atoms with Crippen LogP contribution in [0.2, 0.25) is 5.02 Å². The van der Waals surface area contributed by atoms with Crippen molar-refractivity contribution >= 4 is 23.8 Å². The summed E-state index contributed by atoms with van der Waals surface area (Å²) >= 11 is 5.93. The zero-order chi connectivity index (χ0) is 15.9. The van der Waals surface area contributed by atoms with Gasteiger partial charge in [-0.1, -0.05) is 35.9 Å². The zero-order valence-electron chi connectivity index (χ0n) is 12.1.